The molecule has 26 heavy (non-hydrogen) atoms. The maximum Gasteiger partial charge on any atom is 0.258 e. The van der Waals surface area contributed by atoms with E-state index in [1.165, 1.54) is 0 Å². The Morgan fingerprint density at radius 3 is 2.35 bits per heavy atom. The highest BCUT2D eigenvalue weighted by Gasteiger charge is 2.18. The molecule has 3 aromatic rings. The van der Waals surface area contributed by atoms with E-state index in [1.54, 1.807) is 12.1 Å². The molecule has 1 amide bonds. The van der Waals surface area contributed by atoms with Gasteiger partial charge in [0.2, 0.25) is 0 Å². The number of rotatable bonds is 6. The van der Waals surface area contributed by atoms with Crippen LogP contribution in [0.25, 0.3) is 0 Å². The van der Waals surface area contributed by atoms with Gasteiger partial charge in [0, 0.05) is 0 Å². The summed E-state index contributed by atoms with van der Waals surface area (Å²) >= 11 is 6.07. The van der Waals surface area contributed by atoms with Crippen molar-refractivity contribution < 1.29 is 9.53 Å². The van der Waals surface area contributed by atoms with Gasteiger partial charge in [-0.2, -0.15) is 0 Å². The van der Waals surface area contributed by atoms with Gasteiger partial charge in [0.05, 0.1) is 11.1 Å². The van der Waals surface area contributed by atoms with Crippen molar-refractivity contribution in [3.05, 3.63) is 101 Å². The molecule has 132 valence electrons. The minimum atomic E-state index is -0.236. The number of hydrogen-bond donors (Lipinski definition) is 1. The fourth-order valence-electron chi connectivity index (χ4n) is 2.80. The molecule has 0 spiro atoms. The van der Waals surface area contributed by atoms with E-state index in [0.717, 1.165) is 16.7 Å². The first-order valence-electron chi connectivity index (χ1n) is 8.42. The summed E-state index contributed by atoms with van der Waals surface area (Å²) < 4.78 is 5.56. The lowest BCUT2D eigenvalue weighted by atomic mass is 9.95. The summed E-state index contributed by atoms with van der Waals surface area (Å²) in [4.78, 5) is 12.5. The normalized spacial score (nSPS) is 11.6. The quantitative estimate of drug-likeness (QED) is 0.672. The van der Waals surface area contributed by atoms with Gasteiger partial charge in [0.1, 0.15) is 5.75 Å². The molecule has 0 heterocycles. The van der Waals surface area contributed by atoms with E-state index in [1.807, 2.05) is 73.7 Å². The van der Waals surface area contributed by atoms with Gasteiger partial charge in [-0.15, -0.1) is 0 Å². The Morgan fingerprint density at radius 1 is 0.962 bits per heavy atom. The third kappa shape index (κ3) is 4.44. The second-order valence-electron chi connectivity index (χ2n) is 5.99. The minimum absolute atomic E-state index is 0.0983. The molecular weight excluding hydrogens is 346 g/mol. The summed E-state index contributed by atoms with van der Waals surface area (Å²) in [5.74, 6) is 0.290. The van der Waals surface area contributed by atoms with Crippen molar-refractivity contribution in [3.8, 4) is 5.75 Å². The van der Waals surface area contributed by atoms with Gasteiger partial charge in [-0.3, -0.25) is 4.79 Å². The molecular formula is C22H20ClNO2. The van der Waals surface area contributed by atoms with Gasteiger partial charge in [0.15, 0.2) is 6.61 Å². The molecule has 4 heteroatoms. The van der Waals surface area contributed by atoms with Gasteiger partial charge in [0.25, 0.3) is 5.91 Å². The Balaban J connectivity index is 1.77. The maximum atomic E-state index is 12.5. The fraction of sp³-hybridized carbons (Fsp3) is 0.136. The topological polar surface area (TPSA) is 38.3 Å². The first-order chi connectivity index (χ1) is 12.6. The van der Waals surface area contributed by atoms with Crippen LogP contribution < -0.4 is 10.1 Å². The van der Waals surface area contributed by atoms with E-state index < -0.39 is 0 Å². The molecule has 0 aliphatic rings. The number of carbonyl (C=O) groups is 1. The summed E-state index contributed by atoms with van der Waals surface area (Å²) in [6, 6.07) is 24.8. The third-order valence-corrected chi connectivity index (χ3v) is 4.45. The van der Waals surface area contributed by atoms with Gasteiger partial charge in [-0.05, 0) is 35.7 Å². The van der Waals surface area contributed by atoms with Crippen LogP contribution in [-0.2, 0) is 4.79 Å². The Bertz CT molecular complexity index is 880. The SMILES string of the molecule is Cc1ccccc1C(NC(=O)COc1ccccc1Cl)c1ccccc1. The van der Waals surface area contributed by atoms with Crippen LogP contribution in [0.3, 0.4) is 0 Å². The molecule has 3 aromatic carbocycles. The Labute approximate surface area is 158 Å². The van der Waals surface area contributed by atoms with Crippen LogP contribution in [0.1, 0.15) is 22.7 Å². The van der Waals surface area contributed by atoms with Crippen molar-refractivity contribution in [1.82, 2.24) is 5.32 Å². The number of ether oxygens (including phenoxy) is 1. The van der Waals surface area contributed by atoms with Crippen LogP contribution in [0.2, 0.25) is 5.02 Å². The first kappa shape index (κ1) is 18.0. The second kappa shape index (κ2) is 8.54. The summed E-state index contributed by atoms with van der Waals surface area (Å²) in [5, 5.41) is 3.56. The minimum Gasteiger partial charge on any atom is -0.482 e. The lowest BCUT2D eigenvalue weighted by Crippen LogP contribution is -2.33. The molecule has 0 saturated heterocycles. The van der Waals surface area contributed by atoms with Crippen LogP contribution >= 0.6 is 11.6 Å². The highest BCUT2D eigenvalue weighted by molar-refractivity contribution is 6.32. The number of benzene rings is 3. The zero-order valence-electron chi connectivity index (χ0n) is 14.5. The van der Waals surface area contributed by atoms with Gasteiger partial charge in [-0.1, -0.05) is 78.3 Å². The van der Waals surface area contributed by atoms with Crippen molar-refractivity contribution in [1.29, 1.82) is 0 Å². The summed E-state index contributed by atoms with van der Waals surface area (Å²) in [6.45, 7) is 1.94. The van der Waals surface area contributed by atoms with E-state index in [-0.39, 0.29) is 18.6 Å². The predicted octanol–water partition coefficient (Wildman–Crippen LogP) is 4.93. The first-order valence-corrected chi connectivity index (χ1v) is 8.80. The monoisotopic (exact) mass is 365 g/mol. The standard InChI is InChI=1S/C22H20ClNO2/c1-16-9-5-6-12-18(16)22(17-10-3-2-4-11-17)24-21(25)15-26-20-14-8-7-13-19(20)23/h2-14,22H,15H2,1H3,(H,24,25). The van der Waals surface area contributed by atoms with E-state index >= 15 is 0 Å². The van der Waals surface area contributed by atoms with Crippen molar-refractivity contribution >= 4 is 17.5 Å². The molecule has 0 fully saturated rings. The second-order valence-corrected chi connectivity index (χ2v) is 6.39. The van der Waals surface area contributed by atoms with Crippen LogP contribution in [0, 0.1) is 6.92 Å². The average Bonchev–Trinajstić information content (AvgIpc) is 2.67. The number of aryl methyl sites for hydroxylation is 1. The Hall–Kier alpha value is -2.78. The number of amides is 1. The maximum absolute atomic E-state index is 12.5. The number of para-hydroxylation sites is 1. The Kier molecular flexibility index (Phi) is 5.92. The number of hydrogen-bond acceptors (Lipinski definition) is 2. The predicted molar refractivity (Wildman–Crippen MR) is 105 cm³/mol. The zero-order valence-corrected chi connectivity index (χ0v) is 15.2. The molecule has 3 rings (SSSR count). The average molecular weight is 366 g/mol. The molecule has 1 unspecified atom stereocenters. The van der Waals surface area contributed by atoms with Crippen molar-refractivity contribution in [2.24, 2.45) is 0 Å². The lowest BCUT2D eigenvalue weighted by molar-refractivity contribution is -0.123. The van der Waals surface area contributed by atoms with Crippen molar-refractivity contribution in [3.63, 3.8) is 0 Å². The number of halogens is 1. The summed E-state index contributed by atoms with van der Waals surface area (Å²) in [6.07, 6.45) is 0. The van der Waals surface area contributed by atoms with Gasteiger partial charge < -0.3 is 10.1 Å². The van der Waals surface area contributed by atoms with Crippen LogP contribution in [0.5, 0.6) is 5.75 Å². The lowest BCUT2D eigenvalue weighted by Gasteiger charge is -2.22. The molecule has 1 atom stereocenters. The van der Waals surface area contributed by atoms with Crippen LogP contribution in [-0.4, -0.2) is 12.5 Å². The van der Waals surface area contributed by atoms with Gasteiger partial charge >= 0.3 is 0 Å². The summed E-state index contributed by atoms with van der Waals surface area (Å²) in [5.41, 5.74) is 3.20. The van der Waals surface area contributed by atoms with E-state index in [4.69, 9.17) is 16.3 Å². The number of carbonyl (C=O) groups excluding carboxylic acids is 1. The van der Waals surface area contributed by atoms with E-state index in [2.05, 4.69) is 5.32 Å². The van der Waals surface area contributed by atoms with Crippen molar-refractivity contribution in [2.45, 2.75) is 13.0 Å². The Morgan fingerprint density at radius 2 is 1.62 bits per heavy atom. The van der Waals surface area contributed by atoms with E-state index in [9.17, 15) is 4.79 Å². The van der Waals surface area contributed by atoms with Gasteiger partial charge in [-0.25, -0.2) is 0 Å². The molecule has 0 saturated carbocycles. The highest BCUT2D eigenvalue weighted by atomic mass is 35.5. The summed E-state index contributed by atoms with van der Waals surface area (Å²) in [7, 11) is 0. The van der Waals surface area contributed by atoms with Crippen LogP contribution in [0.4, 0.5) is 0 Å². The molecule has 0 aromatic heterocycles. The zero-order chi connectivity index (χ0) is 18.4. The van der Waals surface area contributed by atoms with E-state index in [0.29, 0.717) is 10.8 Å². The number of nitrogens with one attached hydrogen (secondary N) is 1. The largest absolute Gasteiger partial charge is 0.482 e. The molecule has 0 radical (unpaired) electrons. The molecule has 1 N–H and O–H groups in total. The molecule has 0 bridgehead atoms. The molecule has 3 nitrogen and oxygen atoms in total. The molecule has 0 aliphatic heterocycles. The molecule has 0 aliphatic carbocycles. The van der Waals surface area contributed by atoms with Crippen LogP contribution in [0.15, 0.2) is 78.9 Å². The van der Waals surface area contributed by atoms with Crippen molar-refractivity contribution in [2.75, 3.05) is 6.61 Å². The fourth-order valence-corrected chi connectivity index (χ4v) is 2.99. The highest BCUT2D eigenvalue weighted by Crippen LogP contribution is 2.25. The third-order valence-electron chi connectivity index (χ3n) is 4.13. The smallest absolute Gasteiger partial charge is 0.258 e.